The topological polar surface area (TPSA) is 96.5 Å². The number of primary amides is 1. The SMILES string of the molecule is Cc1nc2sccn2c(=O)c1CCN1CCC(c2c[nH]c3ccc(C(N)=O)cc23)CC1. The van der Waals surface area contributed by atoms with Gasteiger partial charge in [-0.15, -0.1) is 11.3 Å². The average molecular weight is 436 g/mol. The van der Waals surface area contributed by atoms with Gasteiger partial charge in [-0.05, 0) is 69.0 Å². The molecule has 31 heavy (non-hydrogen) atoms. The fourth-order valence-electron chi connectivity index (χ4n) is 4.68. The zero-order valence-electron chi connectivity index (χ0n) is 17.4. The predicted molar refractivity (Wildman–Crippen MR) is 123 cm³/mol. The number of benzene rings is 1. The van der Waals surface area contributed by atoms with E-state index in [4.69, 9.17) is 5.73 Å². The quantitative estimate of drug-likeness (QED) is 0.504. The third-order valence-electron chi connectivity index (χ3n) is 6.47. The van der Waals surface area contributed by atoms with Gasteiger partial charge in [0.05, 0.1) is 0 Å². The highest BCUT2D eigenvalue weighted by Crippen LogP contribution is 2.33. The highest BCUT2D eigenvalue weighted by atomic mass is 32.1. The van der Waals surface area contributed by atoms with Crippen molar-refractivity contribution in [3.05, 3.63) is 68.7 Å². The number of aromatic amines is 1. The van der Waals surface area contributed by atoms with Gasteiger partial charge >= 0.3 is 0 Å². The molecule has 0 aliphatic carbocycles. The Bertz CT molecular complexity index is 1330. The van der Waals surface area contributed by atoms with E-state index in [0.717, 1.165) is 66.0 Å². The minimum absolute atomic E-state index is 0.0580. The van der Waals surface area contributed by atoms with Crippen molar-refractivity contribution in [2.45, 2.75) is 32.1 Å². The molecular weight excluding hydrogens is 410 g/mol. The van der Waals surface area contributed by atoms with E-state index in [1.54, 1.807) is 16.7 Å². The number of rotatable bonds is 5. The molecule has 1 saturated heterocycles. The van der Waals surface area contributed by atoms with E-state index >= 15 is 0 Å². The van der Waals surface area contributed by atoms with Crippen LogP contribution in [0.15, 0.2) is 40.8 Å². The standard InChI is InChI=1S/C23H25N5O2S/c1-14-17(22(30)28-10-11-31-23(28)26-14)6-9-27-7-4-15(5-8-27)19-13-25-20-3-2-16(21(24)29)12-18(19)20/h2-3,10-13,15,25H,4-9H2,1H3,(H2,24,29). The second kappa shape index (κ2) is 7.94. The van der Waals surface area contributed by atoms with E-state index in [1.807, 2.05) is 24.4 Å². The summed E-state index contributed by atoms with van der Waals surface area (Å²) >= 11 is 1.49. The number of piperidine rings is 1. The first-order valence-electron chi connectivity index (χ1n) is 10.6. The lowest BCUT2D eigenvalue weighted by Crippen LogP contribution is -2.35. The molecule has 1 aliphatic heterocycles. The number of aromatic nitrogens is 3. The summed E-state index contributed by atoms with van der Waals surface area (Å²) in [7, 11) is 0. The summed E-state index contributed by atoms with van der Waals surface area (Å²) in [6.07, 6.45) is 6.69. The lowest BCUT2D eigenvalue weighted by atomic mass is 9.88. The van der Waals surface area contributed by atoms with Gasteiger partial charge in [0, 0.05) is 52.0 Å². The molecule has 4 heterocycles. The second-order valence-electron chi connectivity index (χ2n) is 8.27. The van der Waals surface area contributed by atoms with Gasteiger partial charge in [-0.3, -0.25) is 14.0 Å². The van der Waals surface area contributed by atoms with Crippen molar-refractivity contribution in [2.75, 3.05) is 19.6 Å². The molecule has 5 rings (SSSR count). The average Bonchev–Trinajstić information content (AvgIpc) is 3.40. The van der Waals surface area contributed by atoms with E-state index in [0.29, 0.717) is 11.5 Å². The van der Waals surface area contributed by atoms with Gasteiger partial charge in [0.25, 0.3) is 5.56 Å². The van der Waals surface area contributed by atoms with Crippen LogP contribution in [0, 0.1) is 6.92 Å². The maximum absolute atomic E-state index is 12.8. The van der Waals surface area contributed by atoms with Crippen LogP contribution < -0.4 is 11.3 Å². The van der Waals surface area contributed by atoms with Crippen molar-refractivity contribution < 1.29 is 4.79 Å². The number of amides is 1. The van der Waals surface area contributed by atoms with Crippen molar-refractivity contribution in [1.82, 2.24) is 19.3 Å². The minimum Gasteiger partial charge on any atom is -0.366 e. The summed E-state index contributed by atoms with van der Waals surface area (Å²) < 4.78 is 1.65. The molecule has 4 aromatic rings. The molecule has 0 bridgehead atoms. The van der Waals surface area contributed by atoms with Crippen molar-refractivity contribution >= 4 is 33.1 Å². The highest BCUT2D eigenvalue weighted by Gasteiger charge is 2.23. The lowest BCUT2D eigenvalue weighted by Gasteiger charge is -2.32. The Morgan fingerprint density at radius 2 is 2.13 bits per heavy atom. The summed E-state index contributed by atoms with van der Waals surface area (Å²) in [6, 6.07) is 5.59. The highest BCUT2D eigenvalue weighted by molar-refractivity contribution is 7.15. The summed E-state index contributed by atoms with van der Waals surface area (Å²) in [5.41, 5.74) is 10.0. The third kappa shape index (κ3) is 3.66. The molecule has 7 nitrogen and oxygen atoms in total. The van der Waals surface area contributed by atoms with Crippen molar-refractivity contribution in [3.8, 4) is 0 Å². The number of nitrogens with one attached hydrogen (secondary N) is 1. The van der Waals surface area contributed by atoms with Crippen molar-refractivity contribution in [1.29, 1.82) is 0 Å². The Labute approximate surface area is 183 Å². The largest absolute Gasteiger partial charge is 0.366 e. The third-order valence-corrected chi connectivity index (χ3v) is 7.23. The summed E-state index contributed by atoms with van der Waals surface area (Å²) in [5, 5.41) is 2.99. The fourth-order valence-corrected chi connectivity index (χ4v) is 5.43. The van der Waals surface area contributed by atoms with E-state index in [1.165, 1.54) is 16.9 Å². The molecule has 0 radical (unpaired) electrons. The molecule has 1 aliphatic rings. The molecule has 1 amide bonds. The first-order valence-corrected chi connectivity index (χ1v) is 11.5. The molecule has 0 saturated carbocycles. The summed E-state index contributed by atoms with van der Waals surface area (Å²) in [5.74, 6) is 0.0505. The number of hydrogen-bond donors (Lipinski definition) is 2. The lowest BCUT2D eigenvalue weighted by molar-refractivity contribution is 0.100. The number of nitrogens with two attached hydrogens (primary N) is 1. The first kappa shape index (κ1) is 20.0. The maximum Gasteiger partial charge on any atom is 0.261 e. The van der Waals surface area contributed by atoms with Crippen LogP contribution in [0.1, 0.15) is 45.9 Å². The molecule has 0 unspecified atom stereocenters. The Balaban J connectivity index is 1.26. The number of H-pyrrole nitrogens is 1. The number of fused-ring (bicyclic) bond motifs is 2. The Kier molecular flexibility index (Phi) is 5.11. The van der Waals surface area contributed by atoms with Crippen LogP contribution in [0.25, 0.3) is 15.9 Å². The van der Waals surface area contributed by atoms with Crippen molar-refractivity contribution in [2.24, 2.45) is 5.73 Å². The zero-order chi connectivity index (χ0) is 21.5. The second-order valence-corrected chi connectivity index (χ2v) is 9.14. The molecule has 8 heteroatoms. The number of thiazole rings is 1. The molecule has 3 N–H and O–H groups in total. The van der Waals surface area contributed by atoms with Gasteiger partial charge < -0.3 is 15.6 Å². The van der Waals surface area contributed by atoms with Crippen LogP contribution in [-0.4, -0.2) is 44.8 Å². The zero-order valence-corrected chi connectivity index (χ0v) is 18.2. The number of aryl methyl sites for hydroxylation is 1. The summed E-state index contributed by atoms with van der Waals surface area (Å²) in [6.45, 7) is 4.77. The number of carbonyl (C=O) groups is 1. The van der Waals surface area contributed by atoms with Gasteiger partial charge in [-0.25, -0.2) is 4.98 Å². The number of nitrogens with zero attached hydrogens (tertiary/aromatic N) is 3. The smallest absolute Gasteiger partial charge is 0.261 e. The van der Waals surface area contributed by atoms with Gasteiger partial charge in [0.1, 0.15) is 0 Å². The Morgan fingerprint density at radius 1 is 1.32 bits per heavy atom. The van der Waals surface area contributed by atoms with E-state index in [-0.39, 0.29) is 5.56 Å². The molecule has 0 spiro atoms. The van der Waals surface area contributed by atoms with Crippen LogP contribution >= 0.6 is 11.3 Å². The van der Waals surface area contributed by atoms with Gasteiger partial charge in [0.15, 0.2) is 4.96 Å². The monoisotopic (exact) mass is 435 g/mol. The molecular formula is C23H25N5O2S. The molecule has 3 aromatic heterocycles. The van der Waals surface area contributed by atoms with Crippen LogP contribution in [0.3, 0.4) is 0 Å². The van der Waals surface area contributed by atoms with Crippen molar-refractivity contribution in [3.63, 3.8) is 0 Å². The predicted octanol–water partition coefficient (Wildman–Crippen LogP) is 3.07. The van der Waals surface area contributed by atoms with E-state index in [2.05, 4.69) is 21.1 Å². The van der Waals surface area contributed by atoms with E-state index in [9.17, 15) is 9.59 Å². The number of carbonyl (C=O) groups excluding carboxylic acids is 1. The maximum atomic E-state index is 12.8. The molecule has 160 valence electrons. The van der Waals surface area contributed by atoms with Gasteiger partial charge in [0.2, 0.25) is 5.91 Å². The van der Waals surface area contributed by atoms with Crippen LogP contribution in [0.5, 0.6) is 0 Å². The summed E-state index contributed by atoms with van der Waals surface area (Å²) in [4.78, 5) is 35.4. The minimum atomic E-state index is -0.398. The first-order chi connectivity index (χ1) is 15.0. The van der Waals surface area contributed by atoms with Gasteiger partial charge in [-0.1, -0.05) is 0 Å². The number of likely N-dealkylation sites (tertiary alicyclic amines) is 1. The van der Waals surface area contributed by atoms with Gasteiger partial charge in [-0.2, -0.15) is 0 Å². The van der Waals surface area contributed by atoms with Crippen LogP contribution in [-0.2, 0) is 6.42 Å². The van der Waals surface area contributed by atoms with E-state index < -0.39 is 5.91 Å². The van der Waals surface area contributed by atoms with Crippen LogP contribution in [0.4, 0.5) is 0 Å². The van der Waals surface area contributed by atoms with Crippen LogP contribution in [0.2, 0.25) is 0 Å². The Hall–Kier alpha value is -2.97. The molecule has 1 aromatic carbocycles. The molecule has 1 fully saturated rings. The Morgan fingerprint density at radius 3 is 2.90 bits per heavy atom. The normalized spacial score (nSPS) is 15.8. The molecule has 0 atom stereocenters. The fraction of sp³-hybridized carbons (Fsp3) is 0.348. The number of hydrogen-bond acceptors (Lipinski definition) is 5.